The molecular formula is C15H20N4. The Bertz CT molecular complexity index is 559. The van der Waals surface area contributed by atoms with E-state index in [1.54, 1.807) is 4.68 Å². The molecule has 2 aromatic rings. The van der Waals surface area contributed by atoms with Gasteiger partial charge in [0.1, 0.15) is 5.82 Å². The van der Waals surface area contributed by atoms with Crippen LogP contribution in [0, 0.1) is 0 Å². The second-order valence-corrected chi connectivity index (χ2v) is 5.20. The van der Waals surface area contributed by atoms with Gasteiger partial charge in [-0.25, -0.2) is 0 Å². The van der Waals surface area contributed by atoms with Crippen molar-refractivity contribution in [3.63, 3.8) is 0 Å². The molecule has 4 nitrogen and oxygen atoms in total. The maximum Gasteiger partial charge on any atom is 0.126 e. The van der Waals surface area contributed by atoms with Crippen molar-refractivity contribution < 1.29 is 0 Å². The molecule has 3 rings (SSSR count). The molecule has 0 amide bonds. The second-order valence-electron chi connectivity index (χ2n) is 5.20. The number of hydrogen-bond donors (Lipinski definition) is 1. The maximum atomic E-state index is 6.07. The van der Waals surface area contributed by atoms with Gasteiger partial charge in [-0.3, -0.25) is 9.58 Å². The van der Waals surface area contributed by atoms with Crippen LogP contribution in [-0.4, -0.2) is 27.8 Å². The van der Waals surface area contributed by atoms with Crippen LogP contribution in [0.2, 0.25) is 0 Å². The first-order valence-corrected chi connectivity index (χ1v) is 6.80. The first kappa shape index (κ1) is 12.2. The predicted molar refractivity (Wildman–Crippen MR) is 76.7 cm³/mol. The van der Waals surface area contributed by atoms with Gasteiger partial charge in [0.2, 0.25) is 0 Å². The van der Waals surface area contributed by atoms with Crippen molar-refractivity contribution in [2.75, 3.05) is 18.8 Å². The number of nitrogens with zero attached hydrogens (tertiary/aromatic N) is 3. The van der Waals surface area contributed by atoms with Gasteiger partial charge in [-0.1, -0.05) is 30.3 Å². The predicted octanol–water partition coefficient (Wildman–Crippen LogP) is 1.60. The summed E-state index contributed by atoms with van der Waals surface area (Å²) in [6.07, 6.45) is 2.10. The van der Waals surface area contributed by atoms with Gasteiger partial charge in [-0.15, -0.1) is 0 Å². The minimum Gasteiger partial charge on any atom is -0.384 e. The number of benzene rings is 1. The third kappa shape index (κ3) is 2.49. The van der Waals surface area contributed by atoms with E-state index in [1.165, 1.54) is 16.8 Å². The van der Waals surface area contributed by atoms with E-state index in [0.717, 1.165) is 38.3 Å². The SMILES string of the molecule is Cn1nc2c(c1N)CN(CCc1ccccc1)CC2. The Kier molecular flexibility index (Phi) is 3.25. The van der Waals surface area contributed by atoms with Crippen LogP contribution >= 0.6 is 0 Å². The van der Waals surface area contributed by atoms with Crippen LogP contribution in [0.5, 0.6) is 0 Å². The lowest BCUT2D eigenvalue weighted by Crippen LogP contribution is -2.32. The molecule has 19 heavy (non-hydrogen) atoms. The van der Waals surface area contributed by atoms with Gasteiger partial charge in [0.25, 0.3) is 0 Å². The van der Waals surface area contributed by atoms with Crippen molar-refractivity contribution in [1.29, 1.82) is 0 Å². The molecule has 0 saturated carbocycles. The smallest absolute Gasteiger partial charge is 0.126 e. The van der Waals surface area contributed by atoms with Gasteiger partial charge >= 0.3 is 0 Å². The van der Waals surface area contributed by atoms with Crippen molar-refractivity contribution >= 4 is 5.82 Å². The number of anilines is 1. The van der Waals surface area contributed by atoms with E-state index in [0.29, 0.717) is 0 Å². The number of aryl methyl sites for hydroxylation is 1. The Balaban J connectivity index is 1.64. The zero-order valence-electron chi connectivity index (χ0n) is 11.3. The van der Waals surface area contributed by atoms with Crippen LogP contribution in [0.15, 0.2) is 30.3 Å². The van der Waals surface area contributed by atoms with Gasteiger partial charge in [-0.2, -0.15) is 5.10 Å². The standard InChI is InChI=1S/C15H20N4/c1-18-15(16)13-11-19(10-8-14(13)17-18)9-7-12-5-3-2-4-6-12/h2-6H,7-11,16H2,1H3. The lowest BCUT2D eigenvalue weighted by atomic mass is 10.1. The minimum atomic E-state index is 0.819. The Labute approximate surface area is 113 Å². The molecule has 0 spiro atoms. The summed E-state index contributed by atoms with van der Waals surface area (Å²) < 4.78 is 1.80. The summed E-state index contributed by atoms with van der Waals surface area (Å²) in [6, 6.07) is 10.6. The van der Waals surface area contributed by atoms with E-state index >= 15 is 0 Å². The molecule has 0 atom stereocenters. The highest BCUT2D eigenvalue weighted by Crippen LogP contribution is 2.23. The Morgan fingerprint density at radius 1 is 1.26 bits per heavy atom. The molecule has 1 aromatic carbocycles. The van der Waals surface area contributed by atoms with Gasteiger partial charge in [-0.05, 0) is 12.0 Å². The number of rotatable bonds is 3. The molecule has 0 bridgehead atoms. The molecule has 1 aliphatic heterocycles. The van der Waals surface area contributed by atoms with Crippen LogP contribution in [0.4, 0.5) is 5.82 Å². The van der Waals surface area contributed by atoms with E-state index in [1.807, 2.05) is 7.05 Å². The number of aromatic nitrogens is 2. The third-order valence-electron chi connectivity index (χ3n) is 3.88. The summed E-state index contributed by atoms with van der Waals surface area (Å²) in [7, 11) is 1.92. The van der Waals surface area contributed by atoms with E-state index in [-0.39, 0.29) is 0 Å². The summed E-state index contributed by atoms with van der Waals surface area (Å²) in [5.41, 5.74) is 9.86. The van der Waals surface area contributed by atoms with Crippen LogP contribution in [0.3, 0.4) is 0 Å². The summed E-state index contributed by atoms with van der Waals surface area (Å²) in [4.78, 5) is 2.47. The lowest BCUT2D eigenvalue weighted by Gasteiger charge is -2.26. The van der Waals surface area contributed by atoms with E-state index in [4.69, 9.17) is 5.73 Å². The van der Waals surface area contributed by atoms with E-state index < -0.39 is 0 Å². The number of nitrogens with two attached hydrogens (primary N) is 1. The first-order chi connectivity index (χ1) is 9.24. The zero-order valence-corrected chi connectivity index (χ0v) is 11.3. The fourth-order valence-corrected chi connectivity index (χ4v) is 2.70. The number of nitrogen functional groups attached to an aromatic ring is 1. The monoisotopic (exact) mass is 256 g/mol. The molecule has 100 valence electrons. The molecule has 0 saturated heterocycles. The third-order valence-corrected chi connectivity index (χ3v) is 3.88. The topological polar surface area (TPSA) is 47.1 Å². The van der Waals surface area contributed by atoms with Crippen molar-refractivity contribution in [2.24, 2.45) is 7.05 Å². The van der Waals surface area contributed by atoms with Gasteiger partial charge in [0, 0.05) is 38.7 Å². The molecule has 4 heteroatoms. The highest BCUT2D eigenvalue weighted by molar-refractivity contribution is 5.44. The maximum absolute atomic E-state index is 6.07. The lowest BCUT2D eigenvalue weighted by molar-refractivity contribution is 0.257. The molecular weight excluding hydrogens is 236 g/mol. The Hall–Kier alpha value is -1.81. The van der Waals surface area contributed by atoms with Gasteiger partial charge in [0.05, 0.1) is 5.69 Å². The molecule has 2 N–H and O–H groups in total. The van der Waals surface area contributed by atoms with Gasteiger partial charge in [0.15, 0.2) is 0 Å². The van der Waals surface area contributed by atoms with Crippen LogP contribution in [0.25, 0.3) is 0 Å². The summed E-state index contributed by atoms with van der Waals surface area (Å²) in [6.45, 7) is 3.09. The Morgan fingerprint density at radius 3 is 2.84 bits per heavy atom. The average Bonchev–Trinajstić information content (AvgIpc) is 2.73. The quantitative estimate of drug-likeness (QED) is 0.907. The molecule has 2 heterocycles. The molecule has 0 fully saturated rings. The normalized spacial score (nSPS) is 15.4. The fourth-order valence-electron chi connectivity index (χ4n) is 2.70. The largest absolute Gasteiger partial charge is 0.384 e. The first-order valence-electron chi connectivity index (χ1n) is 6.80. The van der Waals surface area contributed by atoms with E-state index in [2.05, 4.69) is 40.3 Å². The number of fused-ring (bicyclic) bond motifs is 1. The molecule has 0 aliphatic carbocycles. The molecule has 1 aliphatic rings. The summed E-state index contributed by atoms with van der Waals surface area (Å²) in [5, 5.41) is 4.47. The van der Waals surface area contributed by atoms with Crippen molar-refractivity contribution in [2.45, 2.75) is 19.4 Å². The van der Waals surface area contributed by atoms with E-state index in [9.17, 15) is 0 Å². The van der Waals surface area contributed by atoms with Gasteiger partial charge < -0.3 is 5.73 Å². The van der Waals surface area contributed by atoms with Crippen LogP contribution in [0.1, 0.15) is 16.8 Å². The zero-order chi connectivity index (χ0) is 13.2. The van der Waals surface area contributed by atoms with Crippen LogP contribution < -0.4 is 5.73 Å². The van der Waals surface area contributed by atoms with Crippen molar-refractivity contribution in [1.82, 2.24) is 14.7 Å². The average molecular weight is 256 g/mol. The fraction of sp³-hybridized carbons (Fsp3) is 0.400. The Morgan fingerprint density at radius 2 is 2.05 bits per heavy atom. The molecule has 1 aromatic heterocycles. The summed E-state index contributed by atoms with van der Waals surface area (Å²) >= 11 is 0. The van der Waals surface area contributed by atoms with Crippen molar-refractivity contribution in [3.05, 3.63) is 47.2 Å². The number of hydrogen-bond acceptors (Lipinski definition) is 3. The van der Waals surface area contributed by atoms with Crippen LogP contribution in [-0.2, 0) is 26.4 Å². The highest BCUT2D eigenvalue weighted by Gasteiger charge is 2.22. The molecule has 0 unspecified atom stereocenters. The second kappa shape index (κ2) is 5.05. The highest BCUT2D eigenvalue weighted by atomic mass is 15.3. The molecule has 0 radical (unpaired) electrons. The van der Waals surface area contributed by atoms with Crippen molar-refractivity contribution in [3.8, 4) is 0 Å². The summed E-state index contributed by atoms with van der Waals surface area (Å²) in [5.74, 6) is 0.819. The minimum absolute atomic E-state index is 0.819.